The van der Waals surface area contributed by atoms with E-state index in [2.05, 4.69) is 15.6 Å². The predicted octanol–water partition coefficient (Wildman–Crippen LogP) is 2.25. The fourth-order valence-corrected chi connectivity index (χ4v) is 1.76. The summed E-state index contributed by atoms with van der Waals surface area (Å²) in [6.07, 6.45) is 1.01. The zero-order chi connectivity index (χ0) is 15.3. The van der Waals surface area contributed by atoms with E-state index in [4.69, 9.17) is 0 Å². The molecule has 0 fully saturated rings. The molecule has 1 atom stereocenters. The summed E-state index contributed by atoms with van der Waals surface area (Å²) in [5.41, 5.74) is -0.486. The number of nitrogens with zero attached hydrogens (tertiary/aromatic N) is 1. The summed E-state index contributed by atoms with van der Waals surface area (Å²) in [5, 5.41) is 15.3. The van der Waals surface area contributed by atoms with Crippen LogP contribution in [-0.4, -0.2) is 22.7 Å². The number of hydrogen-bond acceptors (Lipinski definition) is 3. The van der Waals surface area contributed by atoms with E-state index >= 15 is 0 Å². The van der Waals surface area contributed by atoms with E-state index < -0.39 is 17.4 Å². The normalized spacial score (nSPS) is 13.3. The van der Waals surface area contributed by atoms with Crippen LogP contribution in [0.1, 0.15) is 12.5 Å². The van der Waals surface area contributed by atoms with Crippen molar-refractivity contribution < 1.29 is 14.3 Å². The summed E-state index contributed by atoms with van der Waals surface area (Å²) < 4.78 is 12.7. The van der Waals surface area contributed by atoms with Crippen molar-refractivity contribution >= 4 is 11.8 Å². The second-order valence-electron chi connectivity index (χ2n) is 4.81. The van der Waals surface area contributed by atoms with Gasteiger partial charge in [0.25, 0.3) is 0 Å². The highest BCUT2D eigenvalue weighted by Gasteiger charge is 2.23. The third kappa shape index (κ3) is 4.25. The summed E-state index contributed by atoms with van der Waals surface area (Å²) in [6.45, 7) is 1.64. The molecule has 6 heteroatoms. The first-order valence-corrected chi connectivity index (χ1v) is 6.42. The highest BCUT2D eigenvalue weighted by atomic mass is 19.1. The number of rotatable bonds is 4. The molecule has 3 N–H and O–H groups in total. The number of pyridine rings is 1. The average Bonchev–Trinajstić information content (AvgIpc) is 2.49. The van der Waals surface area contributed by atoms with Gasteiger partial charge < -0.3 is 10.4 Å². The van der Waals surface area contributed by atoms with Crippen LogP contribution in [-0.2, 0) is 5.60 Å². The van der Waals surface area contributed by atoms with Crippen LogP contribution >= 0.6 is 0 Å². The van der Waals surface area contributed by atoms with E-state index in [-0.39, 0.29) is 12.4 Å². The van der Waals surface area contributed by atoms with Crippen molar-refractivity contribution in [3.63, 3.8) is 0 Å². The van der Waals surface area contributed by atoms with Crippen molar-refractivity contribution in [2.45, 2.75) is 12.5 Å². The van der Waals surface area contributed by atoms with Gasteiger partial charge in [-0.05, 0) is 24.6 Å². The van der Waals surface area contributed by atoms with Crippen molar-refractivity contribution in [1.82, 2.24) is 10.3 Å². The van der Waals surface area contributed by atoms with Gasteiger partial charge in [-0.15, -0.1) is 0 Å². The van der Waals surface area contributed by atoms with Gasteiger partial charge in [-0.3, -0.25) is 5.32 Å². The quantitative estimate of drug-likeness (QED) is 0.808. The molecule has 0 saturated heterocycles. The van der Waals surface area contributed by atoms with Gasteiger partial charge in [0.15, 0.2) is 0 Å². The zero-order valence-electron chi connectivity index (χ0n) is 11.5. The second-order valence-corrected chi connectivity index (χ2v) is 4.81. The lowest BCUT2D eigenvalue weighted by Gasteiger charge is -2.24. The van der Waals surface area contributed by atoms with Crippen LogP contribution < -0.4 is 10.6 Å². The SMILES string of the molecule is CC(O)(CNC(=O)Nc1ccc(F)cn1)c1ccccc1. The fourth-order valence-electron chi connectivity index (χ4n) is 1.76. The molecule has 2 amide bonds. The van der Waals surface area contributed by atoms with E-state index in [0.717, 1.165) is 6.20 Å². The van der Waals surface area contributed by atoms with Crippen LogP contribution in [0.5, 0.6) is 0 Å². The number of aromatic nitrogens is 1. The smallest absolute Gasteiger partial charge is 0.320 e. The minimum atomic E-state index is -1.19. The number of amides is 2. The molecule has 0 aliphatic heterocycles. The second kappa shape index (κ2) is 6.32. The minimum absolute atomic E-state index is 0.0318. The van der Waals surface area contributed by atoms with Gasteiger partial charge in [-0.2, -0.15) is 0 Å². The van der Waals surface area contributed by atoms with Gasteiger partial charge in [-0.25, -0.2) is 14.2 Å². The van der Waals surface area contributed by atoms with Crippen LogP contribution in [0.2, 0.25) is 0 Å². The molecule has 2 rings (SSSR count). The van der Waals surface area contributed by atoms with Gasteiger partial charge in [0, 0.05) is 0 Å². The van der Waals surface area contributed by atoms with Gasteiger partial charge in [-0.1, -0.05) is 30.3 Å². The highest BCUT2D eigenvalue weighted by Crippen LogP contribution is 2.18. The van der Waals surface area contributed by atoms with Crippen molar-refractivity contribution in [2.24, 2.45) is 0 Å². The molecule has 0 bridgehead atoms. The molecule has 21 heavy (non-hydrogen) atoms. The van der Waals surface area contributed by atoms with E-state index in [1.165, 1.54) is 12.1 Å². The minimum Gasteiger partial charge on any atom is -0.384 e. The van der Waals surface area contributed by atoms with Gasteiger partial charge >= 0.3 is 6.03 Å². The maximum atomic E-state index is 12.7. The lowest BCUT2D eigenvalue weighted by atomic mass is 9.96. The van der Waals surface area contributed by atoms with Crippen LogP contribution in [0.15, 0.2) is 48.7 Å². The summed E-state index contributed by atoms with van der Waals surface area (Å²) >= 11 is 0. The van der Waals surface area contributed by atoms with Crippen LogP contribution in [0, 0.1) is 5.82 Å². The van der Waals surface area contributed by atoms with E-state index in [0.29, 0.717) is 5.56 Å². The Morgan fingerprint density at radius 3 is 2.62 bits per heavy atom. The number of benzene rings is 1. The largest absolute Gasteiger partial charge is 0.384 e. The molecule has 5 nitrogen and oxygen atoms in total. The standard InChI is InChI=1S/C15H16FN3O2/c1-15(21,11-5-3-2-4-6-11)10-18-14(20)19-13-8-7-12(16)9-17-13/h2-9,21H,10H2,1H3,(H2,17,18,19,20). The molecule has 1 unspecified atom stereocenters. The predicted molar refractivity (Wildman–Crippen MR) is 77.2 cm³/mol. The number of hydrogen-bond donors (Lipinski definition) is 3. The molecular weight excluding hydrogens is 273 g/mol. The summed E-state index contributed by atoms with van der Waals surface area (Å²) in [5.74, 6) is -0.249. The number of anilines is 1. The fraction of sp³-hybridized carbons (Fsp3) is 0.200. The van der Waals surface area contributed by atoms with Gasteiger partial charge in [0.05, 0.1) is 12.7 Å². The van der Waals surface area contributed by atoms with E-state index in [1.54, 1.807) is 19.1 Å². The Hall–Kier alpha value is -2.47. The van der Waals surface area contributed by atoms with Crippen molar-refractivity contribution in [3.05, 3.63) is 60.0 Å². The number of halogens is 1. The van der Waals surface area contributed by atoms with Crippen LogP contribution in [0.4, 0.5) is 15.0 Å². The lowest BCUT2D eigenvalue weighted by Crippen LogP contribution is -2.40. The first-order chi connectivity index (χ1) is 9.97. The molecule has 0 aliphatic rings. The van der Waals surface area contributed by atoms with E-state index in [9.17, 15) is 14.3 Å². The number of carbonyl (C=O) groups excluding carboxylic acids is 1. The maximum Gasteiger partial charge on any atom is 0.320 e. The Morgan fingerprint density at radius 2 is 2.00 bits per heavy atom. The number of nitrogens with one attached hydrogen (secondary N) is 2. The Kier molecular flexibility index (Phi) is 4.49. The molecule has 0 radical (unpaired) electrons. The maximum absolute atomic E-state index is 12.7. The molecule has 1 aromatic carbocycles. The molecule has 0 spiro atoms. The Labute approximate surface area is 121 Å². The average molecular weight is 289 g/mol. The molecule has 0 aliphatic carbocycles. The molecule has 1 aromatic heterocycles. The number of urea groups is 1. The van der Waals surface area contributed by atoms with Crippen molar-refractivity contribution in [2.75, 3.05) is 11.9 Å². The first kappa shape index (κ1) is 14.9. The van der Waals surface area contributed by atoms with Gasteiger partial charge in [0.1, 0.15) is 17.2 Å². The summed E-state index contributed by atoms with van der Waals surface area (Å²) in [4.78, 5) is 15.4. The molecule has 0 saturated carbocycles. The first-order valence-electron chi connectivity index (χ1n) is 6.42. The Balaban J connectivity index is 1.90. The van der Waals surface area contributed by atoms with Gasteiger partial charge in [0.2, 0.25) is 0 Å². The third-order valence-electron chi connectivity index (χ3n) is 2.96. The highest BCUT2D eigenvalue weighted by molar-refractivity contribution is 5.88. The third-order valence-corrected chi connectivity index (χ3v) is 2.96. The van der Waals surface area contributed by atoms with Crippen LogP contribution in [0.3, 0.4) is 0 Å². The number of carbonyl (C=O) groups is 1. The van der Waals surface area contributed by atoms with Crippen molar-refractivity contribution in [1.29, 1.82) is 0 Å². The Bertz CT molecular complexity index is 600. The van der Waals surface area contributed by atoms with Crippen LogP contribution in [0.25, 0.3) is 0 Å². The van der Waals surface area contributed by atoms with Crippen molar-refractivity contribution in [3.8, 4) is 0 Å². The van der Waals surface area contributed by atoms with E-state index in [1.807, 2.05) is 18.2 Å². The summed E-state index contributed by atoms with van der Waals surface area (Å²) in [7, 11) is 0. The Morgan fingerprint density at radius 1 is 1.29 bits per heavy atom. The zero-order valence-corrected chi connectivity index (χ0v) is 11.5. The number of aliphatic hydroxyl groups is 1. The molecular formula is C15H16FN3O2. The lowest BCUT2D eigenvalue weighted by molar-refractivity contribution is 0.0599. The molecule has 1 heterocycles. The topological polar surface area (TPSA) is 74.2 Å². The summed E-state index contributed by atoms with van der Waals surface area (Å²) in [6, 6.07) is 11.1. The molecule has 110 valence electrons. The monoisotopic (exact) mass is 289 g/mol. The molecule has 2 aromatic rings.